The lowest BCUT2D eigenvalue weighted by Gasteiger charge is -2.05. The Kier molecular flexibility index (Phi) is 2.40. The van der Waals surface area contributed by atoms with E-state index < -0.39 is 0 Å². The van der Waals surface area contributed by atoms with Crippen LogP contribution in [-0.4, -0.2) is 15.9 Å². The third-order valence-corrected chi connectivity index (χ3v) is 4.61. The van der Waals surface area contributed by atoms with Crippen molar-refractivity contribution in [1.82, 2.24) is 9.97 Å². The number of aryl methyl sites for hydroxylation is 2. The molecule has 2 aliphatic rings. The first kappa shape index (κ1) is 11.9. The average molecular weight is 271 g/mol. The molecular formula is C15H17N3O2. The van der Waals surface area contributed by atoms with Crippen molar-refractivity contribution in [3.05, 3.63) is 17.7 Å². The number of carbonyl (C=O) groups is 1. The molecule has 4 rings (SSSR count). The lowest BCUT2D eigenvalue weighted by Crippen LogP contribution is -2.16. The highest BCUT2D eigenvalue weighted by atomic mass is 16.3. The number of nitrogens with zero attached hydrogens (tertiary/aromatic N) is 2. The molecule has 2 fully saturated rings. The number of amides is 1. The second-order valence-electron chi connectivity index (χ2n) is 6.02. The van der Waals surface area contributed by atoms with E-state index in [1.165, 1.54) is 19.2 Å². The summed E-state index contributed by atoms with van der Waals surface area (Å²) in [7, 11) is 0. The van der Waals surface area contributed by atoms with E-state index in [1.807, 2.05) is 13.8 Å². The Morgan fingerprint density at radius 2 is 2.15 bits per heavy atom. The third kappa shape index (κ3) is 1.80. The summed E-state index contributed by atoms with van der Waals surface area (Å²) in [5, 5.41) is 3.78. The Bertz CT molecular complexity index is 702. The Labute approximate surface area is 116 Å². The minimum absolute atomic E-state index is 0.0974. The van der Waals surface area contributed by atoms with Crippen molar-refractivity contribution in [2.75, 3.05) is 5.32 Å². The SMILES string of the molecule is Cc1oc2ncnc(NC(=O)[C@H]3C[C@@H]3C3CC3)c2c1C. The molecule has 5 heteroatoms. The zero-order valence-corrected chi connectivity index (χ0v) is 11.6. The number of anilines is 1. The summed E-state index contributed by atoms with van der Waals surface area (Å²) >= 11 is 0. The summed E-state index contributed by atoms with van der Waals surface area (Å²) < 4.78 is 5.56. The quantitative estimate of drug-likeness (QED) is 0.932. The van der Waals surface area contributed by atoms with Crippen molar-refractivity contribution in [2.24, 2.45) is 17.8 Å². The largest absolute Gasteiger partial charge is 0.443 e. The molecule has 20 heavy (non-hydrogen) atoms. The molecular weight excluding hydrogens is 254 g/mol. The van der Waals surface area contributed by atoms with Gasteiger partial charge in [-0.3, -0.25) is 4.79 Å². The zero-order chi connectivity index (χ0) is 13.9. The van der Waals surface area contributed by atoms with Gasteiger partial charge in [0.05, 0.1) is 5.39 Å². The number of carbonyl (C=O) groups excluding carboxylic acids is 1. The van der Waals surface area contributed by atoms with Crippen LogP contribution in [0.25, 0.3) is 11.1 Å². The van der Waals surface area contributed by atoms with E-state index in [4.69, 9.17) is 4.42 Å². The standard InChI is InChI=1S/C15H17N3O2/c1-7-8(2)20-15-12(7)13(16-6-17-15)18-14(19)11-5-10(11)9-3-4-9/h6,9-11H,3-5H2,1-2H3,(H,16,17,18,19)/t10-,11+/m1/s1. The van der Waals surface area contributed by atoms with Crippen LogP contribution >= 0.6 is 0 Å². The van der Waals surface area contributed by atoms with Crippen molar-refractivity contribution in [1.29, 1.82) is 0 Å². The molecule has 0 aromatic carbocycles. The number of nitrogens with one attached hydrogen (secondary N) is 1. The van der Waals surface area contributed by atoms with E-state index in [2.05, 4.69) is 15.3 Å². The van der Waals surface area contributed by atoms with E-state index in [1.54, 1.807) is 0 Å². The van der Waals surface area contributed by atoms with Gasteiger partial charge in [0.1, 0.15) is 17.9 Å². The molecule has 0 radical (unpaired) electrons. The number of aromatic nitrogens is 2. The van der Waals surface area contributed by atoms with E-state index >= 15 is 0 Å². The Morgan fingerprint density at radius 1 is 1.35 bits per heavy atom. The van der Waals surface area contributed by atoms with Gasteiger partial charge in [0.2, 0.25) is 11.6 Å². The molecule has 0 saturated heterocycles. The molecule has 0 bridgehead atoms. The van der Waals surface area contributed by atoms with Crippen LogP contribution in [0.3, 0.4) is 0 Å². The monoisotopic (exact) mass is 271 g/mol. The molecule has 104 valence electrons. The molecule has 2 aliphatic carbocycles. The van der Waals surface area contributed by atoms with Crippen LogP contribution in [0.15, 0.2) is 10.7 Å². The van der Waals surface area contributed by atoms with E-state index in [0.717, 1.165) is 29.0 Å². The van der Waals surface area contributed by atoms with Crippen LogP contribution in [-0.2, 0) is 4.79 Å². The predicted molar refractivity (Wildman–Crippen MR) is 74.2 cm³/mol. The molecule has 2 saturated carbocycles. The van der Waals surface area contributed by atoms with Crippen molar-refractivity contribution in [2.45, 2.75) is 33.1 Å². The van der Waals surface area contributed by atoms with E-state index in [-0.39, 0.29) is 11.8 Å². The molecule has 0 unspecified atom stereocenters. The fraction of sp³-hybridized carbons (Fsp3) is 0.533. The van der Waals surface area contributed by atoms with Gasteiger partial charge in [-0.1, -0.05) is 0 Å². The van der Waals surface area contributed by atoms with Crippen molar-refractivity contribution in [3.8, 4) is 0 Å². The Morgan fingerprint density at radius 3 is 2.90 bits per heavy atom. The van der Waals surface area contributed by atoms with Gasteiger partial charge in [-0.2, -0.15) is 0 Å². The molecule has 2 aromatic heterocycles. The molecule has 0 aliphatic heterocycles. The van der Waals surface area contributed by atoms with Crippen LogP contribution in [0.2, 0.25) is 0 Å². The van der Waals surface area contributed by atoms with Gasteiger partial charge in [0.25, 0.3) is 0 Å². The molecule has 1 amide bonds. The highest BCUT2D eigenvalue weighted by Gasteiger charge is 2.51. The van der Waals surface area contributed by atoms with Gasteiger partial charge in [-0.05, 0) is 44.9 Å². The number of hydrogen-bond acceptors (Lipinski definition) is 4. The Balaban J connectivity index is 1.60. The Hall–Kier alpha value is -1.91. The topological polar surface area (TPSA) is 68.0 Å². The van der Waals surface area contributed by atoms with E-state index in [0.29, 0.717) is 17.4 Å². The second-order valence-corrected chi connectivity index (χ2v) is 6.02. The minimum Gasteiger partial charge on any atom is -0.443 e. The fourth-order valence-corrected chi connectivity index (χ4v) is 3.05. The number of hydrogen-bond donors (Lipinski definition) is 1. The minimum atomic E-state index is 0.0974. The van der Waals surface area contributed by atoms with Crippen molar-refractivity contribution >= 4 is 22.8 Å². The van der Waals surface area contributed by atoms with Gasteiger partial charge >= 0.3 is 0 Å². The van der Waals surface area contributed by atoms with Crippen LogP contribution in [0.1, 0.15) is 30.6 Å². The van der Waals surface area contributed by atoms with Gasteiger partial charge in [0.15, 0.2) is 0 Å². The van der Waals surface area contributed by atoms with Crippen LogP contribution < -0.4 is 5.32 Å². The highest BCUT2D eigenvalue weighted by molar-refractivity contribution is 6.01. The molecule has 0 spiro atoms. The average Bonchev–Trinajstić information content (AvgIpc) is 3.29. The molecule has 2 aromatic rings. The van der Waals surface area contributed by atoms with Crippen molar-refractivity contribution < 1.29 is 9.21 Å². The molecule has 2 heterocycles. The third-order valence-electron chi connectivity index (χ3n) is 4.61. The second kappa shape index (κ2) is 4.04. The van der Waals surface area contributed by atoms with Crippen LogP contribution in [0, 0.1) is 31.6 Å². The first-order valence-electron chi connectivity index (χ1n) is 7.16. The maximum absolute atomic E-state index is 12.3. The normalized spacial score (nSPS) is 24.9. The number of rotatable bonds is 3. The zero-order valence-electron chi connectivity index (χ0n) is 11.6. The number of fused-ring (bicyclic) bond motifs is 1. The summed E-state index contributed by atoms with van der Waals surface area (Å²) in [6, 6.07) is 0. The summed E-state index contributed by atoms with van der Waals surface area (Å²) in [6.07, 6.45) is 5.07. The maximum Gasteiger partial charge on any atom is 0.231 e. The van der Waals surface area contributed by atoms with Gasteiger partial charge in [-0.15, -0.1) is 0 Å². The lowest BCUT2D eigenvalue weighted by atomic mass is 10.2. The maximum atomic E-state index is 12.3. The van der Waals surface area contributed by atoms with Crippen molar-refractivity contribution in [3.63, 3.8) is 0 Å². The summed E-state index contributed by atoms with van der Waals surface area (Å²) in [5.74, 6) is 3.09. The smallest absolute Gasteiger partial charge is 0.231 e. The highest BCUT2D eigenvalue weighted by Crippen LogP contribution is 2.54. The molecule has 2 atom stereocenters. The molecule has 5 nitrogen and oxygen atoms in total. The van der Waals surface area contributed by atoms with Gasteiger partial charge < -0.3 is 9.73 Å². The van der Waals surface area contributed by atoms with Crippen LogP contribution in [0.4, 0.5) is 5.82 Å². The molecule has 1 N–H and O–H groups in total. The van der Waals surface area contributed by atoms with Gasteiger partial charge in [0, 0.05) is 11.5 Å². The summed E-state index contributed by atoms with van der Waals surface area (Å²) in [4.78, 5) is 20.6. The fourth-order valence-electron chi connectivity index (χ4n) is 3.05. The first-order valence-corrected chi connectivity index (χ1v) is 7.16. The number of furan rings is 1. The summed E-state index contributed by atoms with van der Waals surface area (Å²) in [5.41, 5.74) is 1.53. The lowest BCUT2D eigenvalue weighted by molar-refractivity contribution is -0.117. The van der Waals surface area contributed by atoms with E-state index in [9.17, 15) is 4.79 Å². The summed E-state index contributed by atoms with van der Waals surface area (Å²) in [6.45, 7) is 3.86. The first-order chi connectivity index (χ1) is 9.65. The van der Waals surface area contributed by atoms with Gasteiger partial charge in [-0.25, -0.2) is 9.97 Å². The van der Waals surface area contributed by atoms with Crippen LogP contribution in [0.5, 0.6) is 0 Å². The predicted octanol–water partition coefficient (Wildman–Crippen LogP) is 2.82.